The van der Waals surface area contributed by atoms with Gasteiger partial charge in [-0.3, -0.25) is 0 Å². The van der Waals surface area contributed by atoms with Gasteiger partial charge in [-0.2, -0.15) is 5.26 Å². The van der Waals surface area contributed by atoms with Crippen molar-refractivity contribution >= 4 is 5.96 Å². The van der Waals surface area contributed by atoms with E-state index in [0.29, 0.717) is 23.0 Å². The summed E-state index contributed by atoms with van der Waals surface area (Å²) in [5.41, 5.74) is 6.73. The largest absolute Gasteiger partial charge is 0.370 e. The van der Waals surface area contributed by atoms with E-state index in [1.807, 2.05) is 6.07 Å². The second-order valence-corrected chi connectivity index (χ2v) is 5.29. The van der Waals surface area contributed by atoms with Gasteiger partial charge in [-0.05, 0) is 30.9 Å². The number of halogens is 1. The van der Waals surface area contributed by atoms with E-state index < -0.39 is 5.82 Å². The summed E-state index contributed by atoms with van der Waals surface area (Å²) in [6, 6.07) is 6.31. The van der Waals surface area contributed by atoms with Gasteiger partial charge in [0.15, 0.2) is 5.96 Å². The van der Waals surface area contributed by atoms with E-state index >= 15 is 0 Å². The predicted molar refractivity (Wildman–Crippen MR) is 76.4 cm³/mol. The van der Waals surface area contributed by atoms with Gasteiger partial charge in [-0.1, -0.05) is 13.0 Å². The van der Waals surface area contributed by atoms with Crippen molar-refractivity contribution in [2.45, 2.75) is 26.3 Å². The van der Waals surface area contributed by atoms with Crippen molar-refractivity contribution in [3.63, 3.8) is 0 Å². The lowest BCUT2D eigenvalue weighted by Crippen LogP contribution is -2.43. The Morgan fingerprint density at radius 2 is 2.40 bits per heavy atom. The van der Waals surface area contributed by atoms with Gasteiger partial charge in [0.05, 0.1) is 18.2 Å². The van der Waals surface area contributed by atoms with Crippen molar-refractivity contribution in [3.8, 4) is 6.07 Å². The van der Waals surface area contributed by atoms with E-state index in [4.69, 9.17) is 11.0 Å². The smallest absolute Gasteiger partial charge is 0.191 e. The number of aliphatic imine (C=N–C) groups is 1. The molecule has 2 rings (SSSR count). The quantitative estimate of drug-likeness (QED) is 0.664. The van der Waals surface area contributed by atoms with Crippen molar-refractivity contribution < 1.29 is 4.39 Å². The summed E-state index contributed by atoms with van der Waals surface area (Å²) >= 11 is 0. The Kier molecular flexibility index (Phi) is 4.57. The molecule has 0 spiro atoms. The van der Waals surface area contributed by atoms with Gasteiger partial charge in [-0.25, -0.2) is 9.38 Å². The number of nitrogens with two attached hydrogens (primary N) is 1. The van der Waals surface area contributed by atoms with Crippen LogP contribution in [-0.2, 0) is 6.54 Å². The average molecular weight is 274 g/mol. The zero-order valence-corrected chi connectivity index (χ0v) is 11.6. The van der Waals surface area contributed by atoms with Crippen LogP contribution in [0.3, 0.4) is 0 Å². The molecule has 1 aliphatic heterocycles. The lowest BCUT2D eigenvalue weighted by molar-refractivity contribution is 0.270. The predicted octanol–water partition coefficient (Wildman–Crippen LogP) is 2.24. The number of hydrogen-bond donors (Lipinski definition) is 1. The lowest BCUT2D eigenvalue weighted by Gasteiger charge is -2.31. The minimum atomic E-state index is -0.410. The van der Waals surface area contributed by atoms with Crippen LogP contribution in [0.4, 0.5) is 4.39 Å². The first-order valence-electron chi connectivity index (χ1n) is 6.83. The van der Waals surface area contributed by atoms with Crippen molar-refractivity contribution in [1.29, 1.82) is 5.26 Å². The molecular formula is C15H19FN4. The van der Waals surface area contributed by atoms with Crippen molar-refractivity contribution in [1.82, 2.24) is 4.90 Å². The topological polar surface area (TPSA) is 65.4 Å². The minimum Gasteiger partial charge on any atom is -0.370 e. The molecule has 1 unspecified atom stereocenters. The van der Waals surface area contributed by atoms with Gasteiger partial charge < -0.3 is 10.6 Å². The fourth-order valence-corrected chi connectivity index (χ4v) is 2.41. The first kappa shape index (κ1) is 14.3. The summed E-state index contributed by atoms with van der Waals surface area (Å²) in [6.07, 6.45) is 2.33. The number of nitrogens with zero attached hydrogens (tertiary/aromatic N) is 3. The summed E-state index contributed by atoms with van der Waals surface area (Å²) in [5.74, 6) is 0.678. The summed E-state index contributed by atoms with van der Waals surface area (Å²) < 4.78 is 13.7. The third-order valence-electron chi connectivity index (χ3n) is 3.57. The zero-order valence-electron chi connectivity index (χ0n) is 11.6. The fraction of sp³-hybridized carbons (Fsp3) is 0.467. The van der Waals surface area contributed by atoms with Gasteiger partial charge in [-0.15, -0.1) is 0 Å². The van der Waals surface area contributed by atoms with Crippen LogP contribution < -0.4 is 5.73 Å². The molecule has 1 heterocycles. The second-order valence-electron chi connectivity index (χ2n) is 5.29. The number of hydrogen-bond acceptors (Lipinski definition) is 2. The first-order valence-corrected chi connectivity index (χ1v) is 6.83. The highest BCUT2D eigenvalue weighted by molar-refractivity contribution is 5.78. The van der Waals surface area contributed by atoms with Crippen LogP contribution in [0, 0.1) is 23.1 Å². The van der Waals surface area contributed by atoms with Gasteiger partial charge in [0.1, 0.15) is 5.82 Å². The fourth-order valence-electron chi connectivity index (χ4n) is 2.41. The molecule has 2 N–H and O–H groups in total. The molecule has 1 aromatic rings. The van der Waals surface area contributed by atoms with Crippen molar-refractivity contribution in [2.24, 2.45) is 16.6 Å². The van der Waals surface area contributed by atoms with E-state index in [9.17, 15) is 4.39 Å². The van der Waals surface area contributed by atoms with E-state index in [1.165, 1.54) is 12.5 Å². The van der Waals surface area contributed by atoms with Crippen LogP contribution in [0.1, 0.15) is 30.9 Å². The molecule has 0 radical (unpaired) electrons. The molecule has 0 saturated carbocycles. The van der Waals surface area contributed by atoms with Crippen molar-refractivity contribution in [3.05, 3.63) is 35.1 Å². The molecule has 20 heavy (non-hydrogen) atoms. The molecule has 0 amide bonds. The molecule has 1 atom stereocenters. The number of rotatable bonds is 2. The third kappa shape index (κ3) is 3.47. The number of nitriles is 1. The van der Waals surface area contributed by atoms with Gasteiger partial charge in [0, 0.05) is 18.7 Å². The van der Waals surface area contributed by atoms with Crippen LogP contribution >= 0.6 is 0 Å². The third-order valence-corrected chi connectivity index (χ3v) is 3.57. The maximum atomic E-state index is 13.7. The summed E-state index contributed by atoms with van der Waals surface area (Å²) in [7, 11) is 0. The van der Waals surface area contributed by atoms with Gasteiger partial charge in [0.2, 0.25) is 0 Å². The van der Waals surface area contributed by atoms with E-state index in [0.717, 1.165) is 19.5 Å². The molecule has 1 aliphatic rings. The Bertz CT molecular complexity index is 547. The molecule has 5 heteroatoms. The zero-order chi connectivity index (χ0) is 14.5. The molecule has 4 nitrogen and oxygen atoms in total. The number of benzene rings is 1. The van der Waals surface area contributed by atoms with Crippen LogP contribution in [-0.4, -0.2) is 23.9 Å². The highest BCUT2D eigenvalue weighted by atomic mass is 19.1. The summed E-state index contributed by atoms with van der Waals surface area (Å²) in [4.78, 5) is 6.32. The molecular weight excluding hydrogens is 255 g/mol. The normalized spacial score (nSPS) is 19.8. The van der Waals surface area contributed by atoms with E-state index in [1.54, 1.807) is 12.1 Å². The van der Waals surface area contributed by atoms with Crippen LogP contribution in [0.5, 0.6) is 0 Å². The SMILES string of the molecule is CC1CCCN(C(N)=NCc2ccc(C#N)cc2F)C1. The number of likely N-dealkylation sites (tertiary alicyclic amines) is 1. The monoisotopic (exact) mass is 274 g/mol. The maximum Gasteiger partial charge on any atom is 0.191 e. The Morgan fingerprint density at radius 3 is 3.05 bits per heavy atom. The number of guanidine groups is 1. The minimum absolute atomic E-state index is 0.203. The molecule has 0 bridgehead atoms. The van der Waals surface area contributed by atoms with Crippen LogP contribution in [0.2, 0.25) is 0 Å². The van der Waals surface area contributed by atoms with Gasteiger partial charge >= 0.3 is 0 Å². The molecule has 1 fully saturated rings. The first-order chi connectivity index (χ1) is 9.60. The molecule has 106 valence electrons. The average Bonchev–Trinajstić information content (AvgIpc) is 2.45. The summed E-state index contributed by atoms with van der Waals surface area (Å²) in [5, 5.41) is 8.70. The number of piperidine rings is 1. The lowest BCUT2D eigenvalue weighted by atomic mass is 10.0. The molecule has 1 saturated heterocycles. The van der Waals surface area contributed by atoms with Gasteiger partial charge in [0.25, 0.3) is 0 Å². The maximum absolute atomic E-state index is 13.7. The standard InChI is InChI=1S/C15H19FN4/c1-11-3-2-6-20(10-11)15(18)19-9-13-5-4-12(8-17)7-14(13)16/h4-5,7,11H,2-3,6,9-10H2,1H3,(H2,18,19). The highest BCUT2D eigenvalue weighted by Crippen LogP contribution is 2.16. The van der Waals surface area contributed by atoms with Crippen LogP contribution in [0.25, 0.3) is 0 Å². The highest BCUT2D eigenvalue weighted by Gasteiger charge is 2.17. The molecule has 0 aromatic heterocycles. The second kappa shape index (κ2) is 6.38. The van der Waals surface area contributed by atoms with E-state index in [2.05, 4.69) is 16.8 Å². The van der Waals surface area contributed by atoms with E-state index in [-0.39, 0.29) is 6.54 Å². The molecule has 0 aliphatic carbocycles. The van der Waals surface area contributed by atoms with Crippen molar-refractivity contribution in [2.75, 3.05) is 13.1 Å². The Labute approximate surface area is 118 Å². The molecule has 1 aromatic carbocycles. The Hall–Kier alpha value is -2.09. The van der Waals surface area contributed by atoms with Crippen LogP contribution in [0.15, 0.2) is 23.2 Å². The summed E-state index contributed by atoms with van der Waals surface area (Å²) in [6.45, 7) is 4.22. The Morgan fingerprint density at radius 1 is 1.60 bits per heavy atom. The Balaban J connectivity index is 2.03.